The molecule has 114 valence electrons. The Hall–Kier alpha value is -2.04. The van der Waals surface area contributed by atoms with Crippen molar-refractivity contribution in [2.24, 2.45) is 16.6 Å². The molecular weight excluding hydrogens is 264 g/mol. The number of benzene rings is 1. The van der Waals surface area contributed by atoms with Crippen LogP contribution in [0.3, 0.4) is 0 Å². The standard InChI is InChI=1S/C16H24N4O/c17-16(20-12-13-6-4-7-13)19-11-5-10-18-15(21)14-8-2-1-3-9-14/h1-3,8-9,13H,4-7,10-12H2,(H,18,21)(H3,17,19,20). The van der Waals surface area contributed by atoms with Crippen LogP contribution in [0.4, 0.5) is 0 Å². The molecule has 5 nitrogen and oxygen atoms in total. The van der Waals surface area contributed by atoms with Crippen LogP contribution < -0.4 is 16.4 Å². The van der Waals surface area contributed by atoms with Gasteiger partial charge in [0.25, 0.3) is 5.91 Å². The van der Waals surface area contributed by atoms with Gasteiger partial charge >= 0.3 is 0 Å². The zero-order valence-corrected chi connectivity index (χ0v) is 12.3. The maximum absolute atomic E-state index is 11.8. The van der Waals surface area contributed by atoms with Crippen LogP contribution in [0.2, 0.25) is 0 Å². The topological polar surface area (TPSA) is 79.5 Å². The van der Waals surface area contributed by atoms with Crippen molar-refractivity contribution in [1.82, 2.24) is 10.6 Å². The minimum Gasteiger partial charge on any atom is -0.370 e. The van der Waals surface area contributed by atoms with Gasteiger partial charge in [-0.3, -0.25) is 9.79 Å². The SMILES string of the molecule is NC(=NCC1CCC1)NCCCNC(=O)c1ccccc1. The number of aliphatic imine (C=N–C) groups is 1. The Kier molecular flexibility index (Phi) is 6.06. The second-order valence-electron chi connectivity index (χ2n) is 5.43. The number of nitrogens with two attached hydrogens (primary N) is 1. The first-order valence-corrected chi connectivity index (χ1v) is 7.63. The fourth-order valence-corrected chi connectivity index (χ4v) is 2.16. The Balaban J connectivity index is 1.54. The van der Waals surface area contributed by atoms with Crippen molar-refractivity contribution in [1.29, 1.82) is 0 Å². The summed E-state index contributed by atoms with van der Waals surface area (Å²) in [7, 11) is 0. The molecule has 0 heterocycles. The Labute approximate surface area is 126 Å². The van der Waals surface area contributed by atoms with Crippen molar-refractivity contribution < 1.29 is 4.79 Å². The average molecular weight is 288 g/mol. The lowest BCUT2D eigenvalue weighted by atomic mass is 9.86. The van der Waals surface area contributed by atoms with E-state index in [0.717, 1.165) is 25.4 Å². The van der Waals surface area contributed by atoms with Crippen LogP contribution in [0.15, 0.2) is 35.3 Å². The molecule has 0 aliphatic heterocycles. The summed E-state index contributed by atoms with van der Waals surface area (Å²) >= 11 is 0. The monoisotopic (exact) mass is 288 g/mol. The van der Waals surface area contributed by atoms with Gasteiger partial charge in [-0.25, -0.2) is 0 Å². The third-order valence-electron chi connectivity index (χ3n) is 3.73. The highest BCUT2D eigenvalue weighted by Crippen LogP contribution is 2.26. The van der Waals surface area contributed by atoms with Crippen LogP contribution in [-0.2, 0) is 0 Å². The summed E-state index contributed by atoms with van der Waals surface area (Å²) in [6, 6.07) is 9.22. The molecule has 4 N–H and O–H groups in total. The van der Waals surface area contributed by atoms with Gasteiger partial charge in [-0.15, -0.1) is 0 Å². The summed E-state index contributed by atoms with van der Waals surface area (Å²) < 4.78 is 0. The molecule has 21 heavy (non-hydrogen) atoms. The van der Waals surface area contributed by atoms with E-state index >= 15 is 0 Å². The summed E-state index contributed by atoms with van der Waals surface area (Å²) in [4.78, 5) is 16.1. The molecule has 1 saturated carbocycles. The predicted molar refractivity (Wildman–Crippen MR) is 85.2 cm³/mol. The van der Waals surface area contributed by atoms with Crippen molar-refractivity contribution in [3.8, 4) is 0 Å². The van der Waals surface area contributed by atoms with Gasteiger partial charge in [-0.1, -0.05) is 24.6 Å². The predicted octanol–water partition coefficient (Wildman–Crippen LogP) is 1.51. The third kappa shape index (κ3) is 5.45. The fraction of sp³-hybridized carbons (Fsp3) is 0.500. The van der Waals surface area contributed by atoms with Crippen molar-refractivity contribution in [2.75, 3.05) is 19.6 Å². The van der Waals surface area contributed by atoms with E-state index in [4.69, 9.17) is 5.73 Å². The highest BCUT2D eigenvalue weighted by molar-refractivity contribution is 5.94. The molecule has 1 fully saturated rings. The normalized spacial score (nSPS) is 15.3. The zero-order chi connectivity index (χ0) is 14.9. The van der Waals surface area contributed by atoms with Crippen LogP contribution in [0.25, 0.3) is 0 Å². The fourth-order valence-electron chi connectivity index (χ4n) is 2.16. The molecule has 0 saturated heterocycles. The molecule has 1 aliphatic carbocycles. The van der Waals surface area contributed by atoms with Gasteiger partial charge in [0.15, 0.2) is 5.96 Å². The van der Waals surface area contributed by atoms with Gasteiger partial charge in [0.2, 0.25) is 0 Å². The molecule has 0 bridgehead atoms. The number of hydrogen-bond donors (Lipinski definition) is 3. The molecule has 2 rings (SSSR count). The van der Waals surface area contributed by atoms with E-state index in [9.17, 15) is 4.79 Å². The number of amides is 1. The van der Waals surface area contributed by atoms with Crippen LogP contribution >= 0.6 is 0 Å². The summed E-state index contributed by atoms with van der Waals surface area (Å²) in [6.07, 6.45) is 4.71. The third-order valence-corrected chi connectivity index (χ3v) is 3.73. The number of nitrogens with one attached hydrogen (secondary N) is 2. The van der Waals surface area contributed by atoms with Gasteiger partial charge in [0, 0.05) is 25.2 Å². The zero-order valence-electron chi connectivity index (χ0n) is 12.3. The molecular formula is C16H24N4O. The van der Waals surface area contributed by atoms with Crippen molar-refractivity contribution in [3.05, 3.63) is 35.9 Å². The largest absolute Gasteiger partial charge is 0.370 e. The molecule has 5 heteroatoms. The van der Waals surface area contributed by atoms with E-state index in [-0.39, 0.29) is 5.91 Å². The van der Waals surface area contributed by atoms with E-state index in [1.165, 1.54) is 19.3 Å². The van der Waals surface area contributed by atoms with Crippen LogP contribution in [0, 0.1) is 5.92 Å². The smallest absolute Gasteiger partial charge is 0.251 e. The molecule has 0 atom stereocenters. The van der Waals surface area contributed by atoms with E-state index in [0.29, 0.717) is 18.1 Å². The molecule has 0 aromatic heterocycles. The maximum Gasteiger partial charge on any atom is 0.251 e. The quantitative estimate of drug-likeness (QED) is 0.404. The molecule has 1 aliphatic rings. The number of carbonyl (C=O) groups is 1. The summed E-state index contributed by atoms with van der Waals surface area (Å²) in [5.41, 5.74) is 6.47. The van der Waals surface area contributed by atoms with Gasteiger partial charge < -0.3 is 16.4 Å². The second kappa shape index (κ2) is 8.29. The highest BCUT2D eigenvalue weighted by Gasteiger charge is 2.16. The van der Waals surface area contributed by atoms with Crippen molar-refractivity contribution in [2.45, 2.75) is 25.7 Å². The molecule has 1 aromatic rings. The molecule has 0 unspecified atom stereocenters. The number of guanidine groups is 1. The van der Waals surface area contributed by atoms with Crippen LogP contribution in [0.5, 0.6) is 0 Å². The lowest BCUT2D eigenvalue weighted by Crippen LogP contribution is -2.35. The number of nitrogens with zero attached hydrogens (tertiary/aromatic N) is 1. The maximum atomic E-state index is 11.8. The van der Waals surface area contributed by atoms with E-state index in [1.54, 1.807) is 12.1 Å². The summed E-state index contributed by atoms with van der Waals surface area (Å²) in [5.74, 6) is 1.20. The Morgan fingerprint density at radius 1 is 1.19 bits per heavy atom. The van der Waals surface area contributed by atoms with Crippen LogP contribution in [-0.4, -0.2) is 31.5 Å². The molecule has 1 amide bonds. The lowest BCUT2D eigenvalue weighted by Gasteiger charge is -2.23. The Morgan fingerprint density at radius 3 is 2.57 bits per heavy atom. The molecule has 0 radical (unpaired) electrons. The van der Waals surface area contributed by atoms with E-state index in [2.05, 4.69) is 15.6 Å². The Morgan fingerprint density at radius 2 is 1.90 bits per heavy atom. The van der Waals surface area contributed by atoms with Gasteiger partial charge in [0.1, 0.15) is 0 Å². The van der Waals surface area contributed by atoms with Gasteiger partial charge in [0.05, 0.1) is 0 Å². The highest BCUT2D eigenvalue weighted by atomic mass is 16.1. The van der Waals surface area contributed by atoms with Gasteiger partial charge in [-0.2, -0.15) is 0 Å². The number of rotatable bonds is 7. The summed E-state index contributed by atoms with van der Waals surface area (Å²) in [5, 5.41) is 5.96. The molecule has 1 aromatic carbocycles. The first kappa shape index (κ1) is 15.4. The number of hydrogen-bond acceptors (Lipinski definition) is 2. The minimum atomic E-state index is -0.0396. The molecule has 0 spiro atoms. The second-order valence-corrected chi connectivity index (χ2v) is 5.43. The summed E-state index contributed by atoms with van der Waals surface area (Å²) in [6.45, 7) is 2.18. The van der Waals surface area contributed by atoms with Crippen LogP contribution in [0.1, 0.15) is 36.0 Å². The lowest BCUT2D eigenvalue weighted by molar-refractivity contribution is 0.0953. The van der Waals surface area contributed by atoms with E-state index in [1.807, 2.05) is 18.2 Å². The average Bonchev–Trinajstić information content (AvgIpc) is 2.46. The van der Waals surface area contributed by atoms with Gasteiger partial charge in [-0.05, 0) is 37.3 Å². The number of carbonyl (C=O) groups excluding carboxylic acids is 1. The Bertz CT molecular complexity index is 468. The first-order chi connectivity index (χ1) is 10.3. The van der Waals surface area contributed by atoms with Crippen molar-refractivity contribution in [3.63, 3.8) is 0 Å². The van der Waals surface area contributed by atoms with E-state index < -0.39 is 0 Å². The van der Waals surface area contributed by atoms with Crippen molar-refractivity contribution >= 4 is 11.9 Å². The minimum absolute atomic E-state index is 0.0396. The first-order valence-electron chi connectivity index (χ1n) is 7.63.